The Kier molecular flexibility index (Phi) is 5.12. The Labute approximate surface area is 118 Å². The fourth-order valence-corrected chi connectivity index (χ4v) is 1.57. The fraction of sp³-hybridized carbons (Fsp3) is 0.417. The number of hydrogen-bond donors (Lipinski definition) is 3. The maximum Gasteiger partial charge on any atom is 0.433 e. The summed E-state index contributed by atoms with van der Waals surface area (Å²) < 4.78 is 37.8. The number of amides is 1. The lowest BCUT2D eigenvalue weighted by molar-refractivity contribution is -0.141. The number of nitrogens with zero attached hydrogens (tertiary/aromatic N) is 1. The quantitative estimate of drug-likeness (QED) is 0.744. The molecule has 6 nitrogen and oxygen atoms in total. The van der Waals surface area contributed by atoms with Crippen molar-refractivity contribution in [3.8, 4) is 0 Å². The molecule has 0 aromatic carbocycles. The maximum atomic E-state index is 12.6. The van der Waals surface area contributed by atoms with Crippen LogP contribution in [0.5, 0.6) is 0 Å². The summed E-state index contributed by atoms with van der Waals surface area (Å²) in [5, 5.41) is 11.1. The lowest BCUT2D eigenvalue weighted by Gasteiger charge is -2.17. The summed E-state index contributed by atoms with van der Waals surface area (Å²) in [6, 6.07) is 1.10. The summed E-state index contributed by atoms with van der Waals surface area (Å²) in [5.41, 5.74) is 3.72. The number of carbonyl (C=O) groups is 2. The monoisotopic (exact) mass is 305 g/mol. The lowest BCUT2D eigenvalue weighted by Crippen LogP contribution is -2.23. The van der Waals surface area contributed by atoms with Crippen LogP contribution >= 0.6 is 0 Å². The third-order valence-electron chi connectivity index (χ3n) is 2.63. The summed E-state index contributed by atoms with van der Waals surface area (Å²) in [7, 11) is 0. The van der Waals surface area contributed by atoms with E-state index in [0.717, 1.165) is 6.07 Å². The number of pyridine rings is 1. The molecular weight excluding hydrogens is 291 g/mol. The minimum atomic E-state index is -4.66. The van der Waals surface area contributed by atoms with Crippen LogP contribution in [0, 0.1) is 0 Å². The van der Waals surface area contributed by atoms with Crippen LogP contribution in [-0.4, -0.2) is 28.0 Å². The number of halogens is 3. The highest BCUT2D eigenvalue weighted by molar-refractivity contribution is 5.97. The van der Waals surface area contributed by atoms with Gasteiger partial charge >= 0.3 is 12.1 Å². The van der Waals surface area contributed by atoms with Crippen LogP contribution in [-0.2, 0) is 11.0 Å². The molecule has 0 aliphatic rings. The van der Waals surface area contributed by atoms with E-state index in [1.165, 1.54) is 0 Å². The van der Waals surface area contributed by atoms with Gasteiger partial charge in [0.15, 0.2) is 0 Å². The number of rotatable bonds is 6. The predicted molar refractivity (Wildman–Crippen MR) is 67.7 cm³/mol. The van der Waals surface area contributed by atoms with Crippen LogP contribution in [0.2, 0.25) is 0 Å². The van der Waals surface area contributed by atoms with Crippen molar-refractivity contribution < 1.29 is 27.9 Å². The van der Waals surface area contributed by atoms with Crippen molar-refractivity contribution in [3.63, 3.8) is 0 Å². The Bertz CT molecular complexity index is 546. The van der Waals surface area contributed by atoms with Crippen LogP contribution in [0.1, 0.15) is 35.8 Å². The van der Waals surface area contributed by atoms with Gasteiger partial charge in [-0.2, -0.15) is 13.2 Å². The molecule has 1 unspecified atom stereocenters. The number of nitrogens with two attached hydrogens (primary N) is 1. The van der Waals surface area contributed by atoms with Gasteiger partial charge in [0.1, 0.15) is 11.5 Å². The molecule has 116 valence electrons. The van der Waals surface area contributed by atoms with Gasteiger partial charge in [-0.05, 0) is 25.5 Å². The Morgan fingerprint density at radius 2 is 2.05 bits per heavy atom. The smallest absolute Gasteiger partial charge is 0.433 e. The zero-order valence-electron chi connectivity index (χ0n) is 11.1. The van der Waals surface area contributed by atoms with E-state index in [2.05, 4.69) is 10.3 Å². The number of aromatic nitrogens is 1. The zero-order valence-corrected chi connectivity index (χ0v) is 11.1. The number of carboxylic acids is 1. The van der Waals surface area contributed by atoms with Crippen molar-refractivity contribution in [1.29, 1.82) is 0 Å². The topological polar surface area (TPSA) is 105 Å². The molecule has 1 atom stereocenters. The maximum absolute atomic E-state index is 12.6. The molecule has 1 rings (SSSR count). The second-order valence-corrected chi connectivity index (χ2v) is 4.43. The van der Waals surface area contributed by atoms with Gasteiger partial charge in [0, 0.05) is 12.5 Å². The summed E-state index contributed by atoms with van der Waals surface area (Å²) >= 11 is 0. The Balaban J connectivity index is 3.01. The number of hydrogen-bond acceptors (Lipinski definition) is 4. The minimum absolute atomic E-state index is 0.158. The second-order valence-electron chi connectivity index (χ2n) is 4.43. The zero-order chi connectivity index (χ0) is 16.2. The number of carboxylic acid groups (broad SMARTS) is 1. The standard InChI is InChI=1S/C12H14F3N3O3/c1-6(2-5-9(19)20)17-11-7(10(16)21)3-4-8(18-11)12(13,14)15/h3-4,6H,2,5H2,1H3,(H2,16,21)(H,17,18)(H,19,20). The van der Waals surface area contributed by atoms with Gasteiger partial charge in [0.25, 0.3) is 5.91 Å². The van der Waals surface area contributed by atoms with Gasteiger partial charge in [0.05, 0.1) is 5.56 Å². The van der Waals surface area contributed by atoms with E-state index in [1.807, 2.05) is 0 Å². The molecule has 1 heterocycles. The van der Waals surface area contributed by atoms with Crippen molar-refractivity contribution >= 4 is 17.7 Å². The average Bonchev–Trinajstić information content (AvgIpc) is 2.34. The first-order valence-corrected chi connectivity index (χ1v) is 5.97. The number of primary amides is 1. The lowest BCUT2D eigenvalue weighted by atomic mass is 10.1. The molecular formula is C12H14F3N3O3. The van der Waals surface area contributed by atoms with E-state index < -0.39 is 29.8 Å². The SMILES string of the molecule is CC(CCC(=O)O)Nc1nc(C(F)(F)F)ccc1C(N)=O. The van der Waals surface area contributed by atoms with E-state index in [1.54, 1.807) is 6.92 Å². The van der Waals surface area contributed by atoms with Crippen LogP contribution in [0.15, 0.2) is 12.1 Å². The number of aliphatic carboxylic acids is 1. The number of anilines is 1. The first-order valence-electron chi connectivity index (χ1n) is 5.97. The third kappa shape index (κ3) is 4.93. The molecule has 0 saturated carbocycles. The van der Waals surface area contributed by atoms with Crippen molar-refractivity contribution in [1.82, 2.24) is 4.98 Å². The van der Waals surface area contributed by atoms with Crippen molar-refractivity contribution in [2.45, 2.75) is 32.0 Å². The molecule has 0 spiro atoms. The molecule has 0 aliphatic heterocycles. The fourth-order valence-electron chi connectivity index (χ4n) is 1.57. The molecule has 0 aliphatic carbocycles. The first kappa shape index (κ1) is 16.7. The molecule has 0 radical (unpaired) electrons. The minimum Gasteiger partial charge on any atom is -0.481 e. The van der Waals surface area contributed by atoms with Crippen LogP contribution in [0.3, 0.4) is 0 Å². The van der Waals surface area contributed by atoms with Gasteiger partial charge in [-0.25, -0.2) is 4.98 Å². The van der Waals surface area contributed by atoms with Crippen molar-refractivity contribution in [2.75, 3.05) is 5.32 Å². The second kappa shape index (κ2) is 6.42. The largest absolute Gasteiger partial charge is 0.481 e. The summed E-state index contributed by atoms with van der Waals surface area (Å²) in [6.45, 7) is 1.57. The molecule has 1 amide bonds. The van der Waals surface area contributed by atoms with E-state index in [4.69, 9.17) is 10.8 Å². The molecule has 0 fully saturated rings. The highest BCUT2D eigenvalue weighted by Gasteiger charge is 2.33. The van der Waals surface area contributed by atoms with Gasteiger partial charge in [-0.1, -0.05) is 0 Å². The molecule has 4 N–H and O–H groups in total. The first-order chi connectivity index (χ1) is 9.61. The Morgan fingerprint density at radius 1 is 1.43 bits per heavy atom. The highest BCUT2D eigenvalue weighted by Crippen LogP contribution is 2.29. The molecule has 1 aromatic rings. The van der Waals surface area contributed by atoms with Crippen LogP contribution < -0.4 is 11.1 Å². The average molecular weight is 305 g/mol. The van der Waals surface area contributed by atoms with E-state index >= 15 is 0 Å². The van der Waals surface area contributed by atoms with Crippen LogP contribution in [0.4, 0.5) is 19.0 Å². The molecule has 21 heavy (non-hydrogen) atoms. The molecule has 1 aromatic heterocycles. The van der Waals surface area contributed by atoms with E-state index in [0.29, 0.717) is 6.07 Å². The van der Waals surface area contributed by atoms with Gasteiger partial charge in [-0.15, -0.1) is 0 Å². The van der Waals surface area contributed by atoms with E-state index in [9.17, 15) is 22.8 Å². The summed E-state index contributed by atoms with van der Waals surface area (Å²) in [6.07, 6.45) is -4.67. The number of nitrogens with one attached hydrogen (secondary N) is 1. The van der Waals surface area contributed by atoms with Crippen molar-refractivity contribution in [2.24, 2.45) is 5.73 Å². The number of carbonyl (C=O) groups excluding carboxylic acids is 1. The molecule has 0 saturated heterocycles. The summed E-state index contributed by atoms with van der Waals surface area (Å²) in [4.78, 5) is 25.0. The Morgan fingerprint density at radius 3 is 2.52 bits per heavy atom. The van der Waals surface area contributed by atoms with Crippen molar-refractivity contribution in [3.05, 3.63) is 23.4 Å². The highest BCUT2D eigenvalue weighted by atomic mass is 19.4. The van der Waals surface area contributed by atoms with Gasteiger partial charge < -0.3 is 16.2 Å². The van der Waals surface area contributed by atoms with Gasteiger partial charge in [0.2, 0.25) is 0 Å². The van der Waals surface area contributed by atoms with E-state index in [-0.39, 0.29) is 24.2 Å². The van der Waals surface area contributed by atoms with Gasteiger partial charge in [-0.3, -0.25) is 9.59 Å². The number of alkyl halides is 3. The normalized spacial score (nSPS) is 12.8. The molecule has 0 bridgehead atoms. The van der Waals surface area contributed by atoms with Crippen LogP contribution in [0.25, 0.3) is 0 Å². The summed E-state index contributed by atoms with van der Waals surface area (Å²) in [5.74, 6) is -2.27. The third-order valence-corrected chi connectivity index (χ3v) is 2.63. The Hall–Kier alpha value is -2.32. The molecule has 9 heteroatoms. The predicted octanol–water partition coefficient (Wildman–Crippen LogP) is 1.86.